The number of guanidine groups is 1. The van der Waals surface area contributed by atoms with Crippen LogP contribution in [0.5, 0.6) is 0 Å². The average molecular weight is 504 g/mol. The van der Waals surface area contributed by atoms with Gasteiger partial charge < -0.3 is 15.5 Å². The van der Waals surface area contributed by atoms with Crippen LogP contribution in [-0.2, 0) is 24.2 Å². The fraction of sp³-hybridized carbons (Fsp3) is 0.444. The Hall–Kier alpha value is -1.13. The number of fused-ring (bicyclic) bond motifs is 1. The Morgan fingerprint density at radius 1 is 1.27 bits per heavy atom. The van der Waals surface area contributed by atoms with Gasteiger partial charge in [-0.15, -0.1) is 46.7 Å². The molecule has 0 atom stereocenters. The van der Waals surface area contributed by atoms with Crippen molar-refractivity contribution in [3.8, 4) is 0 Å². The minimum atomic E-state index is 0. The van der Waals surface area contributed by atoms with E-state index in [-0.39, 0.29) is 36.4 Å². The molecule has 0 bridgehead atoms. The summed E-state index contributed by atoms with van der Waals surface area (Å²) in [5.41, 5.74) is 1.29. The molecule has 0 aromatic carbocycles. The Morgan fingerprint density at radius 2 is 2.15 bits per heavy atom. The molecule has 3 rings (SSSR count). The number of carbonyl (C=O) groups excluding carboxylic acids is 1. The largest absolute Gasteiger partial charge is 0.357 e. The summed E-state index contributed by atoms with van der Waals surface area (Å²) in [6.07, 6.45) is 1.92. The topological polar surface area (TPSA) is 56.7 Å². The van der Waals surface area contributed by atoms with Gasteiger partial charge in [-0.1, -0.05) is 6.07 Å². The first-order chi connectivity index (χ1) is 12.3. The third-order valence-electron chi connectivity index (χ3n) is 4.12. The summed E-state index contributed by atoms with van der Waals surface area (Å²) in [4.78, 5) is 21.6. The Morgan fingerprint density at radius 3 is 2.92 bits per heavy atom. The highest BCUT2D eigenvalue weighted by Crippen LogP contribution is 2.23. The Labute approximate surface area is 179 Å². The zero-order valence-electron chi connectivity index (χ0n) is 14.9. The zero-order valence-corrected chi connectivity index (χ0v) is 18.8. The van der Waals surface area contributed by atoms with Crippen molar-refractivity contribution in [3.05, 3.63) is 44.3 Å². The summed E-state index contributed by atoms with van der Waals surface area (Å²) < 4.78 is 0. The molecule has 0 saturated carbocycles. The highest BCUT2D eigenvalue weighted by atomic mass is 127. The molecule has 1 aliphatic heterocycles. The molecule has 2 aromatic rings. The number of halogens is 1. The van der Waals surface area contributed by atoms with Gasteiger partial charge in [-0.25, -0.2) is 4.99 Å². The molecule has 0 radical (unpaired) electrons. The van der Waals surface area contributed by atoms with Crippen LogP contribution in [0.3, 0.4) is 0 Å². The molecule has 2 N–H and O–H groups in total. The van der Waals surface area contributed by atoms with Crippen molar-refractivity contribution in [3.63, 3.8) is 0 Å². The van der Waals surface area contributed by atoms with Gasteiger partial charge in [0.25, 0.3) is 0 Å². The normalized spacial score (nSPS) is 13.7. The maximum absolute atomic E-state index is 12.5. The van der Waals surface area contributed by atoms with Crippen LogP contribution >= 0.6 is 46.7 Å². The quantitative estimate of drug-likeness (QED) is 0.361. The smallest absolute Gasteiger partial charge is 0.244 e. The van der Waals surface area contributed by atoms with Crippen molar-refractivity contribution in [1.29, 1.82) is 0 Å². The number of nitrogens with zero attached hydrogens (tertiary/aromatic N) is 2. The molecule has 0 saturated heterocycles. The first-order valence-electron chi connectivity index (χ1n) is 8.64. The SMILES string of the molecule is CCNC(=NCC(=O)N1CCc2sccc2C1)NCCc1cccs1.I. The molecule has 5 nitrogen and oxygen atoms in total. The number of carbonyl (C=O) groups is 1. The van der Waals surface area contributed by atoms with Crippen LogP contribution in [-0.4, -0.2) is 42.9 Å². The molecule has 0 aliphatic carbocycles. The molecule has 2 aromatic heterocycles. The zero-order chi connectivity index (χ0) is 17.5. The van der Waals surface area contributed by atoms with E-state index in [2.05, 4.69) is 44.6 Å². The van der Waals surface area contributed by atoms with Crippen molar-refractivity contribution in [2.24, 2.45) is 4.99 Å². The van der Waals surface area contributed by atoms with E-state index in [1.807, 2.05) is 11.8 Å². The lowest BCUT2D eigenvalue weighted by atomic mass is 10.1. The first kappa shape index (κ1) is 21.2. The molecule has 0 spiro atoms. The van der Waals surface area contributed by atoms with E-state index in [9.17, 15) is 4.79 Å². The minimum Gasteiger partial charge on any atom is -0.357 e. The lowest BCUT2D eigenvalue weighted by Crippen LogP contribution is -2.40. The number of hydrogen-bond donors (Lipinski definition) is 2. The first-order valence-corrected chi connectivity index (χ1v) is 10.4. The van der Waals surface area contributed by atoms with Gasteiger partial charge in [-0.2, -0.15) is 0 Å². The Balaban J connectivity index is 0.00000243. The molecule has 3 heterocycles. The van der Waals surface area contributed by atoms with Gasteiger partial charge in [-0.05, 0) is 48.2 Å². The number of aliphatic imine (C=N–C) groups is 1. The highest BCUT2D eigenvalue weighted by Gasteiger charge is 2.21. The number of thiophene rings is 2. The Bertz CT molecular complexity index is 715. The van der Waals surface area contributed by atoms with E-state index < -0.39 is 0 Å². The van der Waals surface area contributed by atoms with Crippen LogP contribution in [0.15, 0.2) is 34.0 Å². The van der Waals surface area contributed by atoms with E-state index >= 15 is 0 Å². The van der Waals surface area contributed by atoms with E-state index in [0.717, 1.165) is 39.0 Å². The molecule has 26 heavy (non-hydrogen) atoms. The summed E-state index contributed by atoms with van der Waals surface area (Å²) in [7, 11) is 0. The maximum Gasteiger partial charge on any atom is 0.244 e. The van der Waals surface area contributed by atoms with Crippen LogP contribution in [0.1, 0.15) is 22.2 Å². The van der Waals surface area contributed by atoms with Crippen molar-refractivity contribution < 1.29 is 4.79 Å². The van der Waals surface area contributed by atoms with Gasteiger partial charge in [0.05, 0.1) is 0 Å². The number of hydrogen-bond acceptors (Lipinski definition) is 4. The van der Waals surface area contributed by atoms with Gasteiger partial charge in [0, 0.05) is 35.9 Å². The van der Waals surface area contributed by atoms with Crippen LogP contribution in [0, 0.1) is 0 Å². The number of nitrogens with one attached hydrogen (secondary N) is 2. The van der Waals surface area contributed by atoms with E-state index in [4.69, 9.17) is 0 Å². The third-order valence-corrected chi connectivity index (χ3v) is 6.08. The van der Waals surface area contributed by atoms with Gasteiger partial charge in [-0.3, -0.25) is 4.79 Å². The van der Waals surface area contributed by atoms with Crippen molar-refractivity contribution in [1.82, 2.24) is 15.5 Å². The van der Waals surface area contributed by atoms with Gasteiger partial charge in [0.2, 0.25) is 5.91 Å². The Kier molecular flexibility index (Phi) is 8.86. The van der Waals surface area contributed by atoms with Crippen LogP contribution in [0.25, 0.3) is 0 Å². The summed E-state index contributed by atoms with van der Waals surface area (Å²) in [6.45, 7) is 5.32. The fourth-order valence-corrected chi connectivity index (χ4v) is 4.41. The van der Waals surface area contributed by atoms with Crippen LogP contribution in [0.2, 0.25) is 0 Å². The number of rotatable bonds is 6. The van der Waals surface area contributed by atoms with Gasteiger partial charge in [0.15, 0.2) is 5.96 Å². The average Bonchev–Trinajstić information content (AvgIpc) is 3.30. The second-order valence-corrected chi connectivity index (χ2v) is 7.92. The van der Waals surface area contributed by atoms with Crippen molar-refractivity contribution in [2.75, 3.05) is 26.2 Å². The molecule has 142 valence electrons. The second-order valence-electron chi connectivity index (χ2n) is 5.89. The molecular formula is C18H25IN4OS2. The highest BCUT2D eigenvalue weighted by molar-refractivity contribution is 14.0. The molecule has 8 heteroatoms. The summed E-state index contributed by atoms with van der Waals surface area (Å²) in [5, 5.41) is 10.7. The van der Waals surface area contributed by atoms with Crippen LogP contribution in [0.4, 0.5) is 0 Å². The fourth-order valence-electron chi connectivity index (χ4n) is 2.81. The summed E-state index contributed by atoms with van der Waals surface area (Å²) in [6, 6.07) is 6.32. The lowest BCUT2D eigenvalue weighted by Gasteiger charge is -2.26. The van der Waals surface area contributed by atoms with E-state index in [1.54, 1.807) is 22.7 Å². The lowest BCUT2D eigenvalue weighted by molar-refractivity contribution is -0.130. The molecule has 0 unspecified atom stereocenters. The van der Waals surface area contributed by atoms with Gasteiger partial charge in [0.1, 0.15) is 6.54 Å². The predicted molar refractivity (Wildman–Crippen MR) is 121 cm³/mol. The van der Waals surface area contributed by atoms with Crippen molar-refractivity contribution >= 4 is 58.5 Å². The van der Waals surface area contributed by atoms with Crippen LogP contribution < -0.4 is 10.6 Å². The summed E-state index contributed by atoms with van der Waals surface area (Å²) in [5.74, 6) is 0.799. The second kappa shape index (κ2) is 10.9. The minimum absolute atomic E-state index is 0. The molecular weight excluding hydrogens is 479 g/mol. The predicted octanol–water partition coefficient (Wildman–Crippen LogP) is 3.11. The molecule has 1 aliphatic rings. The number of amides is 1. The summed E-state index contributed by atoms with van der Waals surface area (Å²) >= 11 is 3.55. The standard InChI is InChI=1S/C18H24N4OS2.HI/c1-2-19-18(20-8-5-15-4-3-10-24-15)21-12-17(23)22-9-6-16-14(13-22)7-11-25-16;/h3-4,7,10-11H,2,5-6,8-9,12-13H2,1H3,(H2,19,20,21);1H. The molecule has 0 fully saturated rings. The van der Waals surface area contributed by atoms with Gasteiger partial charge >= 0.3 is 0 Å². The molecule has 1 amide bonds. The maximum atomic E-state index is 12.5. The van der Waals surface area contributed by atoms with E-state index in [0.29, 0.717) is 5.96 Å². The van der Waals surface area contributed by atoms with Crippen molar-refractivity contribution in [2.45, 2.75) is 26.3 Å². The third kappa shape index (κ3) is 5.95. The monoisotopic (exact) mass is 504 g/mol. The van der Waals surface area contributed by atoms with E-state index in [1.165, 1.54) is 15.3 Å².